The van der Waals surface area contributed by atoms with Crippen LogP contribution in [0.25, 0.3) is 0 Å². The lowest BCUT2D eigenvalue weighted by molar-refractivity contribution is -0.152. The standard InChI is InChI=1S/C7H8O6.2C2H6/c1-12-2-3(8)6-4(9)5(10)7(11)13-6;2*1-2/h3,6,8H,2H2,1H3;2*1-2H3/t3-,6+;;/m0../s1. The van der Waals surface area contributed by atoms with E-state index in [0.717, 1.165) is 0 Å². The second-order valence-electron chi connectivity index (χ2n) is 2.54. The molecule has 6 heteroatoms. The number of ether oxygens (including phenoxy) is 2. The lowest BCUT2D eigenvalue weighted by Gasteiger charge is -2.13. The van der Waals surface area contributed by atoms with E-state index in [-0.39, 0.29) is 6.61 Å². The molecule has 0 aromatic rings. The van der Waals surface area contributed by atoms with E-state index in [2.05, 4.69) is 9.47 Å². The summed E-state index contributed by atoms with van der Waals surface area (Å²) in [7, 11) is 1.31. The van der Waals surface area contributed by atoms with Crippen LogP contribution < -0.4 is 0 Å². The Hall–Kier alpha value is -1.27. The summed E-state index contributed by atoms with van der Waals surface area (Å²) in [6, 6.07) is 0. The maximum absolute atomic E-state index is 10.9. The van der Waals surface area contributed by atoms with Gasteiger partial charge in [0.25, 0.3) is 5.78 Å². The van der Waals surface area contributed by atoms with Crippen LogP contribution in [0.4, 0.5) is 0 Å². The van der Waals surface area contributed by atoms with Crippen LogP contribution >= 0.6 is 0 Å². The summed E-state index contributed by atoms with van der Waals surface area (Å²) in [5.41, 5.74) is 0. The first-order valence-electron chi connectivity index (χ1n) is 5.54. The van der Waals surface area contributed by atoms with Crippen molar-refractivity contribution in [2.45, 2.75) is 39.9 Å². The van der Waals surface area contributed by atoms with E-state index in [4.69, 9.17) is 0 Å². The molecular weight excluding hydrogens is 228 g/mol. The Morgan fingerprint density at radius 1 is 1.24 bits per heavy atom. The van der Waals surface area contributed by atoms with Crippen LogP contribution in [-0.2, 0) is 23.9 Å². The van der Waals surface area contributed by atoms with Crippen LogP contribution in [0.15, 0.2) is 0 Å². The van der Waals surface area contributed by atoms with E-state index in [9.17, 15) is 19.5 Å². The van der Waals surface area contributed by atoms with Gasteiger partial charge in [-0.1, -0.05) is 27.7 Å². The van der Waals surface area contributed by atoms with Crippen LogP contribution in [0, 0.1) is 0 Å². The molecule has 0 unspecified atom stereocenters. The molecule has 0 radical (unpaired) electrons. The van der Waals surface area contributed by atoms with Gasteiger partial charge in [0.1, 0.15) is 6.10 Å². The van der Waals surface area contributed by atoms with Crippen molar-refractivity contribution < 1.29 is 29.0 Å². The van der Waals surface area contributed by atoms with Crippen LogP contribution in [0.3, 0.4) is 0 Å². The molecule has 0 saturated carbocycles. The van der Waals surface area contributed by atoms with Crippen molar-refractivity contribution in [3.8, 4) is 0 Å². The van der Waals surface area contributed by atoms with Crippen LogP contribution in [-0.4, -0.2) is 48.6 Å². The quantitative estimate of drug-likeness (QED) is 0.563. The number of hydrogen-bond acceptors (Lipinski definition) is 6. The number of esters is 1. The minimum Gasteiger partial charge on any atom is -0.445 e. The first-order valence-corrected chi connectivity index (χ1v) is 5.54. The van der Waals surface area contributed by atoms with E-state index in [0.29, 0.717) is 0 Å². The minimum absolute atomic E-state index is 0.170. The highest BCUT2D eigenvalue weighted by Crippen LogP contribution is 2.11. The van der Waals surface area contributed by atoms with Crippen molar-refractivity contribution in [2.24, 2.45) is 0 Å². The monoisotopic (exact) mass is 248 g/mol. The summed E-state index contributed by atoms with van der Waals surface area (Å²) in [5, 5.41) is 9.18. The van der Waals surface area contributed by atoms with Gasteiger partial charge in [-0.05, 0) is 0 Å². The molecule has 0 aromatic carbocycles. The maximum atomic E-state index is 10.9. The van der Waals surface area contributed by atoms with E-state index in [1.54, 1.807) is 0 Å². The number of aliphatic hydroxyl groups excluding tert-OH is 1. The predicted molar refractivity (Wildman–Crippen MR) is 60.5 cm³/mol. The number of cyclic esters (lactones) is 1. The van der Waals surface area contributed by atoms with Gasteiger partial charge in [0.15, 0.2) is 6.10 Å². The summed E-state index contributed by atoms with van der Waals surface area (Å²) in [6.07, 6.45) is -2.69. The predicted octanol–water partition coefficient (Wildman–Crippen LogP) is 0.110. The third-order valence-electron chi connectivity index (χ3n) is 1.59. The molecule has 1 fully saturated rings. The van der Waals surface area contributed by atoms with Crippen molar-refractivity contribution in [2.75, 3.05) is 13.7 Å². The Morgan fingerprint density at radius 3 is 2.00 bits per heavy atom. The van der Waals surface area contributed by atoms with Crippen LogP contribution in [0.2, 0.25) is 0 Å². The van der Waals surface area contributed by atoms with Gasteiger partial charge in [-0.15, -0.1) is 0 Å². The number of carbonyl (C=O) groups is 3. The molecule has 0 aromatic heterocycles. The molecule has 17 heavy (non-hydrogen) atoms. The van der Waals surface area contributed by atoms with E-state index in [1.807, 2.05) is 27.7 Å². The van der Waals surface area contributed by atoms with Gasteiger partial charge in [-0.25, -0.2) is 4.79 Å². The largest absolute Gasteiger partial charge is 0.445 e. The molecule has 1 saturated heterocycles. The molecule has 0 bridgehead atoms. The summed E-state index contributed by atoms with van der Waals surface area (Å²) >= 11 is 0. The van der Waals surface area contributed by atoms with E-state index < -0.39 is 29.7 Å². The maximum Gasteiger partial charge on any atom is 0.383 e. The highest BCUT2D eigenvalue weighted by Gasteiger charge is 2.45. The lowest BCUT2D eigenvalue weighted by atomic mass is 10.1. The summed E-state index contributed by atoms with van der Waals surface area (Å²) in [4.78, 5) is 32.1. The molecule has 100 valence electrons. The zero-order chi connectivity index (χ0) is 14.0. The number of methoxy groups -OCH3 is 1. The first-order chi connectivity index (χ1) is 8.07. The minimum atomic E-state index is -1.40. The number of Topliss-reactive ketones (excluding diaryl/α,β-unsaturated/α-hetero) is 2. The molecule has 1 rings (SSSR count). The molecular formula is C11H20O6. The molecule has 1 aliphatic heterocycles. The molecule has 1 heterocycles. The number of rotatable bonds is 3. The second-order valence-corrected chi connectivity index (χ2v) is 2.54. The second kappa shape index (κ2) is 9.92. The Kier molecular flexibility index (Phi) is 10.6. The van der Waals surface area contributed by atoms with Gasteiger partial charge in [-0.2, -0.15) is 0 Å². The highest BCUT2D eigenvalue weighted by molar-refractivity contribution is 6.65. The average molecular weight is 248 g/mol. The van der Waals surface area contributed by atoms with Crippen molar-refractivity contribution in [3.05, 3.63) is 0 Å². The fourth-order valence-corrected chi connectivity index (χ4v) is 0.964. The molecule has 1 N–H and O–H groups in total. The third kappa shape index (κ3) is 5.06. The van der Waals surface area contributed by atoms with Crippen molar-refractivity contribution in [1.29, 1.82) is 0 Å². The lowest BCUT2D eigenvalue weighted by Crippen LogP contribution is -2.36. The van der Waals surface area contributed by atoms with Crippen molar-refractivity contribution in [1.82, 2.24) is 0 Å². The topological polar surface area (TPSA) is 89.9 Å². The van der Waals surface area contributed by atoms with Crippen LogP contribution in [0.1, 0.15) is 27.7 Å². The van der Waals surface area contributed by atoms with E-state index in [1.165, 1.54) is 7.11 Å². The Labute approximate surface area is 101 Å². The number of aliphatic hydroxyl groups is 1. The molecule has 0 amide bonds. The van der Waals surface area contributed by atoms with E-state index >= 15 is 0 Å². The smallest absolute Gasteiger partial charge is 0.383 e. The third-order valence-corrected chi connectivity index (χ3v) is 1.59. The summed E-state index contributed by atoms with van der Waals surface area (Å²) in [6.45, 7) is 7.83. The molecule has 1 aliphatic rings. The molecule has 2 atom stereocenters. The average Bonchev–Trinajstić information content (AvgIpc) is 2.62. The number of carbonyl (C=O) groups excluding carboxylic acids is 3. The first kappa shape index (κ1) is 18.1. The molecule has 0 aliphatic carbocycles. The molecule has 0 spiro atoms. The Morgan fingerprint density at radius 2 is 1.71 bits per heavy atom. The summed E-state index contributed by atoms with van der Waals surface area (Å²) in [5.74, 6) is -3.46. The SMILES string of the molecule is CC.CC.COC[C@H](O)[C@H]1OC(=O)C(=O)C1=O. The zero-order valence-corrected chi connectivity index (χ0v) is 10.9. The van der Waals surface area contributed by atoms with Crippen LogP contribution in [0.5, 0.6) is 0 Å². The number of ketones is 2. The zero-order valence-electron chi connectivity index (χ0n) is 10.9. The van der Waals surface area contributed by atoms with Gasteiger partial charge in [0.2, 0.25) is 0 Å². The Bertz CT molecular complexity index is 261. The fraction of sp³-hybridized carbons (Fsp3) is 0.727. The fourth-order valence-electron chi connectivity index (χ4n) is 0.964. The summed E-state index contributed by atoms with van der Waals surface area (Å²) < 4.78 is 8.86. The van der Waals surface area contributed by atoms with Crippen molar-refractivity contribution >= 4 is 17.5 Å². The molecule has 6 nitrogen and oxygen atoms in total. The van der Waals surface area contributed by atoms with Gasteiger partial charge < -0.3 is 14.6 Å². The normalized spacial score (nSPS) is 19.6. The Balaban J connectivity index is 0. The number of hydrogen-bond donors (Lipinski definition) is 1. The van der Waals surface area contributed by atoms with Gasteiger partial charge in [0, 0.05) is 7.11 Å². The van der Waals surface area contributed by atoms with Gasteiger partial charge in [-0.3, -0.25) is 9.59 Å². The van der Waals surface area contributed by atoms with Gasteiger partial charge >= 0.3 is 11.8 Å². The highest BCUT2D eigenvalue weighted by atomic mass is 16.6. The van der Waals surface area contributed by atoms with Gasteiger partial charge in [0.05, 0.1) is 6.61 Å². The van der Waals surface area contributed by atoms with Crippen molar-refractivity contribution in [3.63, 3.8) is 0 Å².